The highest BCUT2D eigenvalue weighted by Gasteiger charge is 2.29. The van der Waals surface area contributed by atoms with Crippen molar-refractivity contribution < 1.29 is 25.3 Å². The van der Waals surface area contributed by atoms with E-state index in [4.69, 9.17) is 27.1 Å². The molecule has 90 valence electrons. The first-order valence-electron chi connectivity index (χ1n) is 12.2. The quantitative estimate of drug-likeness (QED) is 0.725. The monoisotopic (exact) mass is 244 g/mol. The lowest BCUT2D eigenvalue weighted by Gasteiger charge is -2.22. The molecule has 1 aromatic carbocycles. The molecular weight excluding hydrogens is 210 g/mol. The van der Waals surface area contributed by atoms with Crippen LogP contribution in [0.25, 0.3) is 4.85 Å². The highest BCUT2D eigenvalue weighted by Crippen LogP contribution is 2.37. The molecule has 1 aromatic rings. The van der Waals surface area contributed by atoms with Crippen LogP contribution in [0.15, 0.2) is 24.3 Å². The molecule has 0 heterocycles. The highest BCUT2D eigenvalue weighted by atomic mass is 16.5. The van der Waals surface area contributed by atoms with E-state index in [-0.39, 0.29) is 5.75 Å². The minimum absolute atomic E-state index is 0.253. The molecule has 2 rings (SSSR count). The summed E-state index contributed by atoms with van der Waals surface area (Å²) < 4.78 is 124. The van der Waals surface area contributed by atoms with E-state index in [1.165, 1.54) is 0 Å². The fraction of sp³-hybridized carbons (Fsp3) is 0.533. The largest absolute Gasteiger partial charge is 0.497 e. The van der Waals surface area contributed by atoms with Gasteiger partial charge in [-0.1, -0.05) is 19.1 Å². The van der Waals surface area contributed by atoms with Crippen molar-refractivity contribution in [3.05, 3.63) is 41.2 Å². The molecule has 1 fully saturated rings. The van der Waals surface area contributed by atoms with E-state index < -0.39 is 56.4 Å². The van der Waals surface area contributed by atoms with E-state index in [9.17, 15) is 0 Å². The molecule has 0 aromatic heterocycles. The maximum absolute atomic E-state index is 8.68. The summed E-state index contributed by atoms with van der Waals surface area (Å²) in [5.74, 6) is -4.09. The molecule has 0 radical (unpaired) electrons. The van der Waals surface area contributed by atoms with Crippen molar-refractivity contribution in [1.82, 2.24) is 0 Å². The summed E-state index contributed by atoms with van der Waals surface area (Å²) in [5, 5.41) is 0. The van der Waals surface area contributed by atoms with Crippen LogP contribution in [-0.4, -0.2) is 7.04 Å². The van der Waals surface area contributed by atoms with Gasteiger partial charge < -0.3 is 9.58 Å². The molecule has 2 heteroatoms. The highest BCUT2D eigenvalue weighted by molar-refractivity contribution is 5.30. The average molecular weight is 244 g/mol. The molecule has 1 aliphatic carbocycles. The molecule has 0 aliphatic heterocycles. The maximum atomic E-state index is 8.68. The Morgan fingerprint density at radius 2 is 2.18 bits per heavy atom. The average Bonchev–Trinajstić information content (AvgIpc) is 2.64. The third kappa shape index (κ3) is 2.79. The second-order valence-corrected chi connectivity index (χ2v) is 3.09. The number of hydrogen-bond acceptors (Lipinski definition) is 1. The number of methoxy groups -OCH3 is 1. The van der Waals surface area contributed by atoms with Gasteiger partial charge in [0.1, 0.15) is 7.12 Å². The molecular formula is C15H19NO. The first-order valence-corrected chi connectivity index (χ1v) is 4.68. The van der Waals surface area contributed by atoms with Crippen LogP contribution in [0.3, 0.4) is 0 Å². The van der Waals surface area contributed by atoms with Crippen LogP contribution < -0.4 is 4.74 Å². The number of ether oxygens (including phenoxy) is 1. The SMILES string of the molecule is [2H]C([2H])([2H])Oc1ccc(C([2H])([N+]#[C-])C2([2H])C([2H])([2H])C([2H])([2H])C([2H])([2H])C([2H])([2H])C2([2H])[2H])cc1. The molecule has 0 spiro atoms. The van der Waals surface area contributed by atoms with Crippen LogP contribution in [0.2, 0.25) is 0 Å². The maximum Gasteiger partial charge on any atom is 0.251 e. The first-order chi connectivity index (χ1) is 14.0. The number of rotatable bonds is 3. The smallest absolute Gasteiger partial charge is 0.251 e. The summed E-state index contributed by atoms with van der Waals surface area (Å²) in [6, 6.07) is 0.397. The Morgan fingerprint density at radius 1 is 1.47 bits per heavy atom. The van der Waals surface area contributed by atoms with Gasteiger partial charge in [0, 0.05) is 26.5 Å². The molecule has 1 saturated carbocycles. The topological polar surface area (TPSA) is 13.6 Å². The molecule has 1 aliphatic rings. The zero-order chi connectivity index (χ0) is 25.4. The van der Waals surface area contributed by atoms with Crippen LogP contribution in [0.1, 0.15) is 64.0 Å². The van der Waals surface area contributed by atoms with Crippen molar-refractivity contribution in [2.75, 3.05) is 7.04 Å². The van der Waals surface area contributed by atoms with Gasteiger partial charge in [-0.25, -0.2) is 6.57 Å². The zero-order valence-corrected chi connectivity index (χ0v) is 8.66. The molecule has 0 N–H and O–H groups in total. The Bertz CT molecular complexity index is 900. The Kier molecular flexibility index (Phi) is 1.11. The minimum atomic E-state index is -3.89. The number of nitrogens with zero attached hydrogens (tertiary/aromatic N) is 1. The van der Waals surface area contributed by atoms with Crippen molar-refractivity contribution in [2.24, 2.45) is 5.89 Å². The van der Waals surface area contributed by atoms with Gasteiger partial charge in [0.15, 0.2) is 0 Å². The molecule has 17 heavy (non-hydrogen) atoms. The Hall–Kier alpha value is -1.49. The summed E-state index contributed by atoms with van der Waals surface area (Å²) in [7, 11) is -2.84. The summed E-state index contributed by atoms with van der Waals surface area (Å²) in [6.07, 6.45) is -19.2. The van der Waals surface area contributed by atoms with E-state index in [1.54, 1.807) is 0 Å². The number of benzene rings is 1. The summed E-state index contributed by atoms with van der Waals surface area (Å²) in [4.78, 5) is 2.90. The summed E-state index contributed by atoms with van der Waals surface area (Å²) in [5.41, 5.74) is -0.567. The van der Waals surface area contributed by atoms with Gasteiger partial charge >= 0.3 is 0 Å². The van der Waals surface area contributed by atoms with Gasteiger partial charge in [-0.3, -0.25) is 0 Å². The van der Waals surface area contributed by atoms with Crippen molar-refractivity contribution in [1.29, 1.82) is 0 Å². The van der Waals surface area contributed by atoms with Crippen LogP contribution in [0.4, 0.5) is 0 Å². The third-order valence-electron chi connectivity index (χ3n) is 2.09. The van der Waals surface area contributed by atoms with Crippen molar-refractivity contribution in [2.45, 2.75) is 37.9 Å². The van der Waals surface area contributed by atoms with E-state index in [0.29, 0.717) is 0 Å². The minimum Gasteiger partial charge on any atom is -0.497 e. The van der Waals surface area contributed by atoms with Gasteiger partial charge in [-0.05, 0) is 37.0 Å². The molecule has 0 saturated heterocycles. The lowest BCUT2D eigenvalue weighted by molar-refractivity contribution is 0.330. The van der Waals surface area contributed by atoms with E-state index in [2.05, 4.69) is 9.58 Å². The van der Waals surface area contributed by atoms with Crippen molar-refractivity contribution >= 4 is 0 Å². The second kappa shape index (κ2) is 5.72. The van der Waals surface area contributed by atoms with Crippen LogP contribution >= 0.6 is 0 Å². The summed E-state index contributed by atoms with van der Waals surface area (Å²) in [6.45, 7) is 7.49. The van der Waals surface area contributed by atoms with E-state index in [1.807, 2.05) is 0 Å². The number of hydrogen-bond donors (Lipinski definition) is 0. The Labute approximate surface area is 125 Å². The summed E-state index contributed by atoms with van der Waals surface area (Å²) >= 11 is 0. The fourth-order valence-corrected chi connectivity index (χ4v) is 1.31. The Morgan fingerprint density at radius 3 is 2.76 bits per heavy atom. The van der Waals surface area contributed by atoms with Crippen molar-refractivity contribution in [3.8, 4) is 5.75 Å². The van der Waals surface area contributed by atoms with Gasteiger partial charge in [0.05, 0.1) is 11.2 Å². The van der Waals surface area contributed by atoms with Gasteiger partial charge in [-0.15, -0.1) is 0 Å². The Balaban J connectivity index is 2.84. The van der Waals surface area contributed by atoms with Crippen LogP contribution in [0, 0.1) is 12.5 Å². The molecule has 0 bridgehead atoms. The molecule has 0 amide bonds. The van der Waals surface area contributed by atoms with Gasteiger partial charge in [0.25, 0.3) is 6.02 Å². The standard InChI is InChI=1S/C15H19NO/c1-16-15(12-6-4-3-5-7-12)13-8-10-14(17-2)11-9-13/h8-12,15H,3-7H2,2H3/i2D3,3D2,4D2,5D2,6D2,7D2,12D,15D. The molecule has 2 nitrogen and oxygen atoms in total. The molecule has 1 unspecified atom stereocenters. The third-order valence-corrected chi connectivity index (χ3v) is 2.09. The normalized spacial score (nSPS) is 50.6. The van der Waals surface area contributed by atoms with E-state index >= 15 is 0 Å². The van der Waals surface area contributed by atoms with Crippen LogP contribution in [0.5, 0.6) is 5.75 Å². The van der Waals surface area contributed by atoms with E-state index in [0.717, 1.165) is 24.3 Å². The lowest BCUT2D eigenvalue weighted by Crippen LogP contribution is -2.13. The first kappa shape index (κ1) is 3.29. The second-order valence-electron chi connectivity index (χ2n) is 3.09. The van der Waals surface area contributed by atoms with Crippen molar-refractivity contribution in [3.63, 3.8) is 0 Å². The zero-order valence-electron chi connectivity index (χ0n) is 23.7. The predicted octanol–water partition coefficient (Wildman–Crippen LogP) is 4.24. The van der Waals surface area contributed by atoms with Gasteiger partial charge in [-0.2, -0.15) is 0 Å². The lowest BCUT2D eigenvalue weighted by atomic mass is 9.81. The molecule has 1 atom stereocenters. The van der Waals surface area contributed by atoms with Gasteiger partial charge in [0.2, 0.25) is 0 Å². The van der Waals surface area contributed by atoms with Crippen LogP contribution in [-0.2, 0) is 0 Å². The predicted molar refractivity (Wildman–Crippen MR) is 68.9 cm³/mol. The fourth-order valence-electron chi connectivity index (χ4n) is 1.31.